The lowest BCUT2D eigenvalue weighted by atomic mass is 9.47. The molecule has 4 aliphatic carbocycles. The fourth-order valence-corrected chi connectivity index (χ4v) is 9.44. The molecule has 9 atom stereocenters. The van der Waals surface area contributed by atoms with E-state index < -0.39 is 14.6 Å². The first-order chi connectivity index (χ1) is 17.5. The second-order valence-electron chi connectivity index (χ2n) is 13.7. The van der Waals surface area contributed by atoms with Gasteiger partial charge in [-0.15, -0.1) is 0 Å². The molecule has 0 aliphatic heterocycles. The zero-order valence-electron chi connectivity index (χ0n) is 24.2. The Hall–Kier alpha value is -0.0700. The molecule has 0 aromatic rings. The van der Waals surface area contributed by atoms with E-state index in [1.165, 1.54) is 57.8 Å². The molecule has 37 heavy (non-hydrogen) atoms. The van der Waals surface area contributed by atoms with Crippen LogP contribution in [0.25, 0.3) is 0 Å². The maximum Gasteiger partial charge on any atom is 0.250 e. The highest BCUT2D eigenvalue weighted by molar-refractivity contribution is 7.43. The second kappa shape index (κ2) is 13.5. The van der Waals surface area contributed by atoms with Crippen LogP contribution in [0.4, 0.5) is 0 Å². The van der Waals surface area contributed by atoms with Crippen LogP contribution in [-0.4, -0.2) is 40.5 Å². The molecular formula is C30H57N2O4P. The predicted octanol–water partition coefficient (Wildman–Crippen LogP) is 5.89. The smallest absolute Gasteiger partial charge is 0.250 e. The number of hydrogen-bond donors (Lipinski definition) is 5. The fraction of sp³-hybridized carbons (Fsp3) is 0.933. The Morgan fingerprint density at radius 2 is 1.73 bits per heavy atom. The third-order valence-corrected chi connectivity index (χ3v) is 11.5. The largest absolute Gasteiger partial charge is 0.395 e. The number of fused-ring (bicyclic) bond motifs is 5. The molecule has 4 aliphatic rings. The Kier molecular flexibility index (Phi) is 11.5. The summed E-state index contributed by atoms with van der Waals surface area (Å²) in [5.74, 6) is 5.29. The van der Waals surface area contributed by atoms with Crippen LogP contribution in [0.15, 0.2) is 11.6 Å². The Balaban J connectivity index is 0.000000568. The molecule has 0 spiro atoms. The van der Waals surface area contributed by atoms with E-state index >= 15 is 0 Å². The average Bonchev–Trinajstić information content (AvgIpc) is 3.21. The molecule has 0 amide bonds. The number of allylic oxidation sites excluding steroid dienone is 1. The maximum absolute atomic E-state index is 9.53. The molecule has 0 bridgehead atoms. The van der Waals surface area contributed by atoms with E-state index in [0.717, 1.165) is 48.3 Å². The monoisotopic (exact) mass is 540 g/mol. The molecule has 216 valence electrons. The van der Waals surface area contributed by atoms with Crippen molar-refractivity contribution in [3.05, 3.63) is 11.6 Å². The van der Waals surface area contributed by atoms with Gasteiger partial charge in [-0.05, 0) is 97.7 Å². The highest BCUT2D eigenvalue weighted by Crippen LogP contribution is 2.67. The summed E-state index contributed by atoms with van der Waals surface area (Å²) in [6.45, 7) is 12.2. The molecule has 7 N–H and O–H groups in total. The highest BCUT2D eigenvalue weighted by Gasteiger charge is 2.59. The van der Waals surface area contributed by atoms with Crippen LogP contribution in [0.1, 0.15) is 105 Å². The topological polar surface area (TPSA) is 122 Å². The first-order valence-corrected chi connectivity index (χ1v) is 16.3. The zero-order chi connectivity index (χ0) is 27.4. The van der Waals surface area contributed by atoms with Gasteiger partial charge in [0.15, 0.2) is 0 Å². The molecule has 0 aromatic carbocycles. The van der Waals surface area contributed by atoms with Crippen LogP contribution >= 0.6 is 8.53 Å². The van der Waals surface area contributed by atoms with Gasteiger partial charge in [0.2, 0.25) is 8.53 Å². The zero-order valence-corrected chi connectivity index (χ0v) is 25.1. The molecule has 7 heteroatoms. The number of aliphatic hydroxyl groups is 2. The van der Waals surface area contributed by atoms with Gasteiger partial charge in [0.1, 0.15) is 0 Å². The van der Waals surface area contributed by atoms with Crippen LogP contribution in [0, 0.1) is 46.3 Å². The third kappa shape index (κ3) is 7.17. The van der Waals surface area contributed by atoms with Crippen molar-refractivity contribution in [2.24, 2.45) is 57.6 Å². The normalized spacial score (nSPS) is 38.7. The Morgan fingerprint density at radius 1 is 1.03 bits per heavy atom. The highest BCUT2D eigenvalue weighted by atomic mass is 31.2. The third-order valence-electron chi connectivity index (χ3n) is 11.0. The lowest BCUT2D eigenvalue weighted by molar-refractivity contribution is -0.0558. The van der Waals surface area contributed by atoms with Crippen LogP contribution in [0.3, 0.4) is 0 Å². The minimum Gasteiger partial charge on any atom is -0.395 e. The standard InChI is InChI=1S/C27H48NO2P.C3H9NO2/c1-18(2)7-6-8-19(3)23-11-12-24-22-10-9-20-17-21(30-31(28)29)13-15-26(20,4)25(22)14-16-27(23,24)5;4-3(1-5)2-6/h9,18-19,21-25,29H,6-8,10-17,28H2,1-5H3;3,5-6H,1-2,4H2/t19-,21?,22?,23-,24?,25?,26+,27-,31?;/m1./s1. The van der Waals surface area contributed by atoms with Gasteiger partial charge in [-0.2, -0.15) is 0 Å². The van der Waals surface area contributed by atoms with E-state index in [4.69, 9.17) is 26.0 Å². The first kappa shape index (κ1) is 31.5. The molecule has 3 saturated carbocycles. The van der Waals surface area contributed by atoms with Gasteiger partial charge in [0.25, 0.3) is 0 Å². The lowest BCUT2D eigenvalue weighted by Gasteiger charge is -2.58. The SMILES string of the molecule is CC(C)CCC[C@@H](C)[C@H]1CCC2C3CC=C4CC(OP(N)O)CC[C@]4(C)C3CC[C@@]21C.NC(CO)CO. The van der Waals surface area contributed by atoms with Crippen molar-refractivity contribution < 1.29 is 19.6 Å². The van der Waals surface area contributed by atoms with Crippen molar-refractivity contribution in [2.75, 3.05) is 13.2 Å². The molecule has 3 fully saturated rings. The van der Waals surface area contributed by atoms with Crippen molar-refractivity contribution >= 4 is 8.53 Å². The molecule has 6 nitrogen and oxygen atoms in total. The summed E-state index contributed by atoms with van der Waals surface area (Å²) in [5.41, 5.74) is 13.1. The molecule has 0 aromatic heterocycles. The van der Waals surface area contributed by atoms with Gasteiger partial charge in [0.05, 0.1) is 25.4 Å². The van der Waals surface area contributed by atoms with E-state index in [0.29, 0.717) is 10.8 Å². The summed E-state index contributed by atoms with van der Waals surface area (Å²) in [5, 5.41) is 16.1. The Bertz CT molecular complexity index is 745. The van der Waals surface area contributed by atoms with Crippen LogP contribution in [0.2, 0.25) is 0 Å². The summed E-state index contributed by atoms with van der Waals surface area (Å²) >= 11 is 0. The second-order valence-corrected chi connectivity index (χ2v) is 14.5. The van der Waals surface area contributed by atoms with E-state index in [9.17, 15) is 4.89 Å². The summed E-state index contributed by atoms with van der Waals surface area (Å²) in [6.07, 6.45) is 17.2. The van der Waals surface area contributed by atoms with Gasteiger partial charge in [-0.25, -0.2) is 0 Å². The van der Waals surface area contributed by atoms with Crippen LogP contribution in [-0.2, 0) is 4.52 Å². The van der Waals surface area contributed by atoms with E-state index in [1.807, 2.05) is 0 Å². The van der Waals surface area contributed by atoms with E-state index in [-0.39, 0.29) is 19.3 Å². The van der Waals surface area contributed by atoms with Crippen molar-refractivity contribution in [3.63, 3.8) is 0 Å². The van der Waals surface area contributed by atoms with Crippen LogP contribution in [0.5, 0.6) is 0 Å². The average molecular weight is 541 g/mol. The summed E-state index contributed by atoms with van der Waals surface area (Å²) < 4.78 is 5.65. The predicted molar refractivity (Wildman–Crippen MR) is 153 cm³/mol. The Labute approximate surface area is 228 Å². The van der Waals surface area contributed by atoms with Gasteiger partial charge in [-0.3, -0.25) is 5.50 Å². The number of nitrogens with two attached hydrogens (primary N) is 2. The van der Waals surface area contributed by atoms with Crippen molar-refractivity contribution in [3.8, 4) is 0 Å². The van der Waals surface area contributed by atoms with Gasteiger partial charge in [-0.1, -0.05) is 65.5 Å². The summed E-state index contributed by atoms with van der Waals surface area (Å²) in [7, 11) is -1.74. The fourth-order valence-electron chi connectivity index (χ4n) is 8.95. The van der Waals surface area contributed by atoms with Gasteiger partial charge >= 0.3 is 0 Å². The maximum atomic E-state index is 9.53. The minimum absolute atomic E-state index is 0.119. The quantitative estimate of drug-likeness (QED) is 0.184. The van der Waals surface area contributed by atoms with Crippen LogP contribution < -0.4 is 11.2 Å². The molecule has 5 unspecified atom stereocenters. The van der Waals surface area contributed by atoms with Crippen molar-refractivity contribution in [1.82, 2.24) is 0 Å². The molecule has 0 radical (unpaired) electrons. The van der Waals surface area contributed by atoms with Gasteiger partial charge < -0.3 is 25.4 Å². The number of aliphatic hydroxyl groups excluding tert-OH is 2. The first-order valence-electron chi connectivity index (χ1n) is 15.0. The van der Waals surface area contributed by atoms with Gasteiger partial charge in [0, 0.05) is 0 Å². The van der Waals surface area contributed by atoms with Crippen molar-refractivity contribution in [1.29, 1.82) is 0 Å². The molecular weight excluding hydrogens is 483 g/mol. The van der Waals surface area contributed by atoms with E-state index in [1.54, 1.807) is 5.57 Å². The Morgan fingerprint density at radius 3 is 2.32 bits per heavy atom. The van der Waals surface area contributed by atoms with E-state index in [2.05, 4.69) is 40.7 Å². The molecule has 4 rings (SSSR count). The molecule has 0 heterocycles. The summed E-state index contributed by atoms with van der Waals surface area (Å²) in [6, 6.07) is -0.454. The van der Waals surface area contributed by atoms with Crippen molar-refractivity contribution in [2.45, 2.75) is 117 Å². The minimum atomic E-state index is -1.74. The summed E-state index contributed by atoms with van der Waals surface area (Å²) in [4.78, 5) is 9.53. The molecule has 0 saturated heterocycles. The number of rotatable bonds is 9. The number of hydrogen-bond acceptors (Lipinski definition) is 6. The lowest BCUT2D eigenvalue weighted by Crippen LogP contribution is -2.51.